The number of nitrogens with one attached hydrogen (secondary N) is 1. The van der Waals surface area contributed by atoms with E-state index in [1.807, 2.05) is 0 Å². The van der Waals surface area contributed by atoms with E-state index in [1.165, 1.54) is 50.6 Å². The smallest absolute Gasteiger partial charge is 0.255 e. The van der Waals surface area contributed by atoms with E-state index in [9.17, 15) is 14.3 Å². The summed E-state index contributed by atoms with van der Waals surface area (Å²) in [4.78, 5) is 12.0. The summed E-state index contributed by atoms with van der Waals surface area (Å²) >= 11 is 0. The zero-order valence-electron chi connectivity index (χ0n) is 11.5. The maximum Gasteiger partial charge on any atom is 0.255 e. The topological polar surface area (TPSA) is 67.8 Å². The van der Waals surface area contributed by atoms with Crippen molar-refractivity contribution in [2.45, 2.75) is 0 Å². The largest absolute Gasteiger partial charge is 0.504 e. The molecule has 2 rings (SSSR count). The van der Waals surface area contributed by atoms with Gasteiger partial charge >= 0.3 is 0 Å². The molecule has 2 aromatic carbocycles. The molecule has 0 unspecified atom stereocenters. The first-order valence-electron chi connectivity index (χ1n) is 6.07. The molecule has 0 aliphatic rings. The van der Waals surface area contributed by atoms with Gasteiger partial charge in [0.1, 0.15) is 11.6 Å². The molecule has 1 amide bonds. The number of carbonyl (C=O) groups is 1. The summed E-state index contributed by atoms with van der Waals surface area (Å²) in [5.74, 6) is -0.637. The minimum absolute atomic E-state index is 0.00495. The average Bonchev–Trinajstić information content (AvgIpc) is 2.49. The van der Waals surface area contributed by atoms with Crippen molar-refractivity contribution < 1.29 is 23.8 Å². The van der Waals surface area contributed by atoms with Gasteiger partial charge in [0, 0.05) is 11.6 Å². The van der Waals surface area contributed by atoms with E-state index < -0.39 is 11.7 Å². The number of amides is 1. The highest BCUT2D eigenvalue weighted by atomic mass is 19.1. The molecule has 5 nitrogen and oxygen atoms in total. The SMILES string of the molecule is COc1ccc(F)c(NC(=O)c2ccc(OC)c(O)c2)c1. The fraction of sp³-hybridized carbons (Fsp3) is 0.133. The Hall–Kier alpha value is -2.76. The molecule has 6 heteroatoms. The number of phenols is 1. The van der Waals surface area contributed by atoms with Gasteiger partial charge in [0.05, 0.1) is 19.9 Å². The van der Waals surface area contributed by atoms with E-state index in [1.54, 1.807) is 0 Å². The van der Waals surface area contributed by atoms with Crippen LogP contribution in [0.4, 0.5) is 10.1 Å². The average molecular weight is 291 g/mol. The van der Waals surface area contributed by atoms with Crippen molar-refractivity contribution in [3.8, 4) is 17.2 Å². The predicted octanol–water partition coefficient (Wildman–Crippen LogP) is 2.80. The van der Waals surface area contributed by atoms with Gasteiger partial charge in [-0.3, -0.25) is 4.79 Å². The molecule has 0 aliphatic heterocycles. The molecule has 0 saturated carbocycles. The zero-order chi connectivity index (χ0) is 15.4. The molecule has 0 radical (unpaired) electrons. The van der Waals surface area contributed by atoms with Crippen molar-refractivity contribution in [3.05, 3.63) is 47.8 Å². The fourth-order valence-corrected chi connectivity index (χ4v) is 1.75. The molecule has 0 aromatic heterocycles. The summed E-state index contributed by atoms with van der Waals surface area (Å²) in [5.41, 5.74) is 0.171. The number of anilines is 1. The van der Waals surface area contributed by atoms with Gasteiger partial charge in [0.25, 0.3) is 5.91 Å². The lowest BCUT2D eigenvalue weighted by atomic mass is 10.2. The van der Waals surface area contributed by atoms with Crippen LogP contribution >= 0.6 is 0 Å². The van der Waals surface area contributed by atoms with Crippen molar-refractivity contribution in [2.24, 2.45) is 0 Å². The van der Waals surface area contributed by atoms with Crippen LogP contribution < -0.4 is 14.8 Å². The molecule has 0 spiro atoms. The first-order valence-corrected chi connectivity index (χ1v) is 6.07. The predicted molar refractivity (Wildman–Crippen MR) is 75.6 cm³/mol. The monoisotopic (exact) mass is 291 g/mol. The molecule has 21 heavy (non-hydrogen) atoms. The van der Waals surface area contributed by atoms with Gasteiger partial charge in [-0.1, -0.05) is 0 Å². The summed E-state index contributed by atoms with van der Waals surface area (Å²) in [6.45, 7) is 0. The summed E-state index contributed by atoms with van der Waals surface area (Å²) in [6, 6.07) is 8.17. The summed E-state index contributed by atoms with van der Waals surface area (Å²) in [7, 11) is 2.85. The molecule has 2 N–H and O–H groups in total. The normalized spacial score (nSPS) is 10.0. The second kappa shape index (κ2) is 6.13. The number of methoxy groups -OCH3 is 2. The minimum Gasteiger partial charge on any atom is -0.504 e. The molecule has 0 bridgehead atoms. The summed E-state index contributed by atoms with van der Waals surface area (Å²) in [5, 5.41) is 12.1. The third-order valence-electron chi connectivity index (χ3n) is 2.86. The molecule has 2 aromatic rings. The Kier molecular flexibility index (Phi) is 4.27. The molecular weight excluding hydrogens is 277 g/mol. The molecule has 0 heterocycles. The Morgan fingerprint density at radius 2 is 1.90 bits per heavy atom. The van der Waals surface area contributed by atoms with E-state index in [0.29, 0.717) is 5.75 Å². The lowest BCUT2D eigenvalue weighted by molar-refractivity contribution is 0.102. The van der Waals surface area contributed by atoms with Crippen LogP contribution in [0.25, 0.3) is 0 Å². The van der Waals surface area contributed by atoms with Gasteiger partial charge in [0.2, 0.25) is 0 Å². The number of carbonyl (C=O) groups excluding carboxylic acids is 1. The van der Waals surface area contributed by atoms with Crippen LogP contribution in [-0.2, 0) is 0 Å². The van der Waals surface area contributed by atoms with Crippen LogP contribution in [0.3, 0.4) is 0 Å². The Morgan fingerprint density at radius 3 is 2.52 bits per heavy atom. The number of hydrogen-bond acceptors (Lipinski definition) is 4. The van der Waals surface area contributed by atoms with E-state index in [0.717, 1.165) is 0 Å². The van der Waals surface area contributed by atoms with Gasteiger partial charge in [-0.05, 0) is 30.3 Å². The number of aromatic hydroxyl groups is 1. The van der Waals surface area contributed by atoms with Crippen LogP contribution in [0.2, 0.25) is 0 Å². The molecule has 0 fully saturated rings. The van der Waals surface area contributed by atoms with Gasteiger partial charge in [-0.15, -0.1) is 0 Å². The highest BCUT2D eigenvalue weighted by molar-refractivity contribution is 6.04. The lowest BCUT2D eigenvalue weighted by Gasteiger charge is -2.09. The highest BCUT2D eigenvalue weighted by Crippen LogP contribution is 2.27. The third-order valence-corrected chi connectivity index (χ3v) is 2.86. The van der Waals surface area contributed by atoms with Gasteiger partial charge < -0.3 is 19.9 Å². The Bertz CT molecular complexity index is 673. The molecule has 110 valence electrons. The number of phenolic OH excluding ortho intramolecular Hbond substituents is 1. The van der Waals surface area contributed by atoms with E-state index in [-0.39, 0.29) is 22.7 Å². The highest BCUT2D eigenvalue weighted by Gasteiger charge is 2.12. The van der Waals surface area contributed by atoms with Crippen molar-refractivity contribution in [3.63, 3.8) is 0 Å². The Morgan fingerprint density at radius 1 is 1.14 bits per heavy atom. The molecule has 0 atom stereocenters. The van der Waals surface area contributed by atoms with Crippen LogP contribution in [-0.4, -0.2) is 25.2 Å². The second-order valence-electron chi connectivity index (χ2n) is 4.19. The quantitative estimate of drug-likeness (QED) is 0.909. The fourth-order valence-electron chi connectivity index (χ4n) is 1.75. The lowest BCUT2D eigenvalue weighted by Crippen LogP contribution is -2.13. The Labute approximate surface area is 120 Å². The van der Waals surface area contributed by atoms with E-state index in [4.69, 9.17) is 9.47 Å². The number of rotatable bonds is 4. The van der Waals surface area contributed by atoms with Crippen LogP contribution in [0, 0.1) is 5.82 Å². The van der Waals surface area contributed by atoms with Crippen molar-refractivity contribution in [2.75, 3.05) is 19.5 Å². The maximum absolute atomic E-state index is 13.6. The van der Waals surface area contributed by atoms with E-state index in [2.05, 4.69) is 5.32 Å². The van der Waals surface area contributed by atoms with Crippen LogP contribution in [0.5, 0.6) is 17.2 Å². The first kappa shape index (κ1) is 14.6. The van der Waals surface area contributed by atoms with Gasteiger partial charge in [-0.25, -0.2) is 4.39 Å². The Balaban J connectivity index is 2.23. The minimum atomic E-state index is -0.582. The van der Waals surface area contributed by atoms with Crippen LogP contribution in [0.15, 0.2) is 36.4 Å². The number of hydrogen-bond donors (Lipinski definition) is 2. The van der Waals surface area contributed by atoms with Crippen LogP contribution in [0.1, 0.15) is 10.4 Å². The zero-order valence-corrected chi connectivity index (χ0v) is 11.5. The van der Waals surface area contributed by atoms with Crippen molar-refractivity contribution >= 4 is 11.6 Å². The number of halogens is 1. The number of ether oxygens (including phenoxy) is 2. The number of benzene rings is 2. The van der Waals surface area contributed by atoms with Gasteiger partial charge in [-0.2, -0.15) is 0 Å². The molecule has 0 aliphatic carbocycles. The van der Waals surface area contributed by atoms with Crippen molar-refractivity contribution in [1.82, 2.24) is 0 Å². The summed E-state index contributed by atoms with van der Waals surface area (Å²) in [6.07, 6.45) is 0. The molecular formula is C15H14FNO4. The van der Waals surface area contributed by atoms with Gasteiger partial charge in [0.15, 0.2) is 11.5 Å². The van der Waals surface area contributed by atoms with E-state index >= 15 is 0 Å². The van der Waals surface area contributed by atoms with Crippen molar-refractivity contribution in [1.29, 1.82) is 0 Å². The first-order chi connectivity index (χ1) is 10.0. The summed E-state index contributed by atoms with van der Waals surface area (Å²) < 4.78 is 23.5. The third kappa shape index (κ3) is 3.22. The standard InChI is InChI=1S/C15H14FNO4/c1-20-10-4-5-11(16)12(8-10)17-15(19)9-3-6-14(21-2)13(18)7-9/h3-8,18H,1-2H3,(H,17,19). The second-order valence-corrected chi connectivity index (χ2v) is 4.19. The molecule has 0 saturated heterocycles. The maximum atomic E-state index is 13.6.